The van der Waals surface area contributed by atoms with Crippen LogP contribution in [0.15, 0.2) is 0 Å². The van der Waals surface area contributed by atoms with Crippen LogP contribution in [0.1, 0.15) is 27.2 Å². The first-order valence-corrected chi connectivity index (χ1v) is 6.58. The second-order valence-corrected chi connectivity index (χ2v) is 6.13. The molecule has 1 rings (SSSR count). The predicted octanol–water partition coefficient (Wildman–Crippen LogP) is 3.68. The highest BCUT2D eigenvalue weighted by Gasteiger charge is 2.40. The van der Waals surface area contributed by atoms with Gasteiger partial charge in [-0.15, -0.1) is 0 Å². The first kappa shape index (κ1) is 14.3. The first-order chi connectivity index (χ1) is 7.21. The van der Waals surface area contributed by atoms with Gasteiger partial charge in [0.25, 0.3) is 0 Å². The average molecular weight is 302 g/mol. The third-order valence-electron chi connectivity index (χ3n) is 3.47. The molecule has 1 aliphatic heterocycles. The quantitative estimate of drug-likeness (QED) is 0.703. The molecule has 1 heterocycles. The van der Waals surface area contributed by atoms with E-state index in [-0.39, 0.29) is 12.6 Å². The summed E-state index contributed by atoms with van der Waals surface area (Å²) in [6.07, 6.45) is -3.04. The van der Waals surface area contributed by atoms with Crippen molar-refractivity contribution in [2.45, 2.75) is 44.2 Å². The number of hydrogen-bond acceptors (Lipinski definition) is 1. The molecule has 16 heavy (non-hydrogen) atoms. The van der Waals surface area contributed by atoms with E-state index in [1.165, 1.54) is 0 Å². The monoisotopic (exact) mass is 301 g/mol. The van der Waals surface area contributed by atoms with Gasteiger partial charge in [-0.3, -0.25) is 4.90 Å². The number of piperidine rings is 1. The number of alkyl halides is 4. The summed E-state index contributed by atoms with van der Waals surface area (Å²) < 4.78 is 37.4. The lowest BCUT2D eigenvalue weighted by molar-refractivity contribution is -0.133. The topological polar surface area (TPSA) is 3.24 Å². The summed E-state index contributed by atoms with van der Waals surface area (Å²) in [5.41, 5.74) is 0. The van der Waals surface area contributed by atoms with Crippen molar-refractivity contribution in [3.63, 3.8) is 0 Å². The fourth-order valence-electron chi connectivity index (χ4n) is 2.38. The van der Waals surface area contributed by atoms with E-state index < -0.39 is 11.0 Å². The minimum Gasteiger partial charge on any atom is -0.299 e. The Labute approximate surface area is 104 Å². The Morgan fingerprint density at radius 1 is 1.31 bits per heavy atom. The van der Waals surface area contributed by atoms with Crippen molar-refractivity contribution in [3.05, 3.63) is 0 Å². The number of halogens is 4. The molecular formula is C11H19BrF3N. The molecule has 0 spiro atoms. The molecule has 1 nitrogen and oxygen atoms in total. The number of likely N-dealkylation sites (tertiary alicyclic amines) is 1. The molecule has 1 saturated heterocycles. The molecule has 0 aromatic rings. The van der Waals surface area contributed by atoms with Crippen molar-refractivity contribution < 1.29 is 13.2 Å². The lowest BCUT2D eigenvalue weighted by Gasteiger charge is -2.42. The van der Waals surface area contributed by atoms with Crippen molar-refractivity contribution in [2.24, 2.45) is 11.8 Å². The Kier molecular flexibility index (Phi) is 4.69. The van der Waals surface area contributed by atoms with Crippen molar-refractivity contribution in [2.75, 3.05) is 13.1 Å². The number of nitrogens with zero attached hydrogens (tertiary/aromatic N) is 1. The standard InChI is InChI=1S/C11H19BrF3N/c1-7-4-8(2)9(3)16(5-7)6-10(12)11(13,14)15/h7-10H,4-6H2,1-3H3. The second kappa shape index (κ2) is 5.25. The van der Waals surface area contributed by atoms with E-state index in [1.54, 1.807) is 0 Å². The Hall–Kier alpha value is 0.230. The molecule has 4 atom stereocenters. The highest BCUT2D eigenvalue weighted by Crippen LogP contribution is 2.31. The molecule has 0 bridgehead atoms. The molecule has 96 valence electrons. The van der Waals surface area contributed by atoms with Gasteiger partial charge in [-0.1, -0.05) is 29.8 Å². The van der Waals surface area contributed by atoms with Crippen molar-refractivity contribution in [1.29, 1.82) is 0 Å². The highest BCUT2D eigenvalue weighted by molar-refractivity contribution is 9.09. The number of hydrogen-bond donors (Lipinski definition) is 0. The van der Waals surface area contributed by atoms with Crippen LogP contribution in [-0.2, 0) is 0 Å². The van der Waals surface area contributed by atoms with E-state index in [0.717, 1.165) is 13.0 Å². The molecule has 1 fully saturated rings. The molecule has 0 radical (unpaired) electrons. The van der Waals surface area contributed by atoms with Crippen LogP contribution in [-0.4, -0.2) is 35.0 Å². The normalized spacial score (nSPS) is 35.1. The van der Waals surface area contributed by atoms with E-state index >= 15 is 0 Å². The predicted molar refractivity (Wildman–Crippen MR) is 62.8 cm³/mol. The van der Waals surface area contributed by atoms with Gasteiger partial charge < -0.3 is 0 Å². The lowest BCUT2D eigenvalue weighted by atomic mass is 9.86. The summed E-state index contributed by atoms with van der Waals surface area (Å²) in [5, 5.41) is 0. The van der Waals surface area contributed by atoms with Crippen molar-refractivity contribution in [3.8, 4) is 0 Å². The molecule has 0 aromatic carbocycles. The summed E-state index contributed by atoms with van der Waals surface area (Å²) in [6.45, 7) is 7.06. The van der Waals surface area contributed by atoms with Crippen molar-refractivity contribution in [1.82, 2.24) is 4.90 Å². The zero-order valence-corrected chi connectivity index (χ0v) is 11.5. The summed E-state index contributed by atoms with van der Waals surface area (Å²) in [6, 6.07) is 0.235. The van der Waals surface area contributed by atoms with Crippen LogP contribution in [0.3, 0.4) is 0 Å². The largest absolute Gasteiger partial charge is 0.402 e. The third kappa shape index (κ3) is 3.62. The zero-order valence-electron chi connectivity index (χ0n) is 9.89. The number of rotatable bonds is 2. The first-order valence-electron chi connectivity index (χ1n) is 5.66. The molecule has 5 heteroatoms. The fraction of sp³-hybridized carbons (Fsp3) is 1.00. The zero-order chi connectivity index (χ0) is 12.5. The van der Waals surface area contributed by atoms with Gasteiger partial charge >= 0.3 is 6.18 Å². The molecule has 0 saturated carbocycles. The maximum Gasteiger partial charge on any atom is 0.402 e. The molecule has 0 aromatic heterocycles. The van der Waals surface area contributed by atoms with E-state index in [4.69, 9.17) is 0 Å². The Bertz CT molecular complexity index is 232. The van der Waals surface area contributed by atoms with Gasteiger partial charge in [-0.05, 0) is 25.2 Å². The van der Waals surface area contributed by atoms with Gasteiger partial charge in [0.1, 0.15) is 4.83 Å². The Morgan fingerprint density at radius 3 is 2.38 bits per heavy atom. The Balaban J connectivity index is 2.58. The van der Waals surface area contributed by atoms with Gasteiger partial charge in [-0.2, -0.15) is 13.2 Å². The van der Waals surface area contributed by atoms with Crippen LogP contribution in [0.4, 0.5) is 13.2 Å². The lowest BCUT2D eigenvalue weighted by Crippen LogP contribution is -2.49. The maximum absolute atomic E-state index is 12.5. The van der Waals surface area contributed by atoms with E-state index in [0.29, 0.717) is 11.8 Å². The van der Waals surface area contributed by atoms with Gasteiger partial charge in [0.15, 0.2) is 0 Å². The third-order valence-corrected chi connectivity index (χ3v) is 4.28. The van der Waals surface area contributed by atoms with Crippen LogP contribution in [0.2, 0.25) is 0 Å². The molecule has 4 unspecified atom stereocenters. The summed E-state index contributed by atoms with van der Waals surface area (Å²) >= 11 is 2.73. The van der Waals surface area contributed by atoms with Crippen LogP contribution >= 0.6 is 15.9 Å². The van der Waals surface area contributed by atoms with Gasteiger partial charge in [0, 0.05) is 19.1 Å². The fourth-order valence-corrected chi connectivity index (χ4v) is 2.75. The van der Waals surface area contributed by atoms with Crippen LogP contribution < -0.4 is 0 Å². The van der Waals surface area contributed by atoms with Crippen LogP contribution in [0.5, 0.6) is 0 Å². The smallest absolute Gasteiger partial charge is 0.299 e. The molecule has 0 amide bonds. The molecular weight excluding hydrogens is 283 g/mol. The minimum atomic E-state index is -4.15. The van der Waals surface area contributed by atoms with Crippen LogP contribution in [0, 0.1) is 11.8 Å². The van der Waals surface area contributed by atoms with Gasteiger partial charge in [-0.25, -0.2) is 0 Å². The summed E-state index contributed by atoms with van der Waals surface area (Å²) in [5.74, 6) is 0.954. The van der Waals surface area contributed by atoms with E-state index in [9.17, 15) is 13.2 Å². The molecule has 1 aliphatic rings. The average Bonchev–Trinajstić information content (AvgIpc) is 2.11. The van der Waals surface area contributed by atoms with Gasteiger partial charge in [0.2, 0.25) is 0 Å². The Morgan fingerprint density at radius 2 is 1.88 bits per heavy atom. The summed E-state index contributed by atoms with van der Waals surface area (Å²) in [7, 11) is 0. The van der Waals surface area contributed by atoms with Crippen molar-refractivity contribution >= 4 is 15.9 Å². The summed E-state index contributed by atoms with van der Waals surface area (Å²) in [4.78, 5) is 0.533. The maximum atomic E-state index is 12.5. The van der Waals surface area contributed by atoms with E-state index in [1.807, 2.05) is 11.8 Å². The second-order valence-electron chi connectivity index (χ2n) is 5.02. The van der Waals surface area contributed by atoms with Gasteiger partial charge in [0.05, 0.1) is 0 Å². The molecule has 0 N–H and O–H groups in total. The highest BCUT2D eigenvalue weighted by atomic mass is 79.9. The molecule has 0 aliphatic carbocycles. The minimum absolute atomic E-state index is 0.0549. The van der Waals surface area contributed by atoms with E-state index in [2.05, 4.69) is 29.8 Å². The SMILES string of the molecule is CC1CC(C)C(C)N(CC(Br)C(F)(F)F)C1. The van der Waals surface area contributed by atoms with Crippen LogP contribution in [0.25, 0.3) is 0 Å².